The summed E-state index contributed by atoms with van der Waals surface area (Å²) in [7, 11) is 0. The first-order chi connectivity index (χ1) is 7.84. The van der Waals surface area contributed by atoms with Crippen LogP contribution in [0, 0.1) is 5.21 Å². The van der Waals surface area contributed by atoms with E-state index in [0.29, 0.717) is 5.36 Å². The second-order valence-corrected chi connectivity index (χ2v) is 3.37. The van der Waals surface area contributed by atoms with E-state index in [2.05, 4.69) is 10.5 Å². The summed E-state index contributed by atoms with van der Waals surface area (Å²) in [4.78, 5) is 4.64. The van der Waals surface area contributed by atoms with Gasteiger partial charge in [-0.25, -0.2) is 9.66 Å². The number of rotatable bonds is 1. The first-order valence-electron chi connectivity index (χ1n) is 4.79. The van der Waals surface area contributed by atoms with Crippen LogP contribution in [0.15, 0.2) is 43.0 Å². The molecule has 1 aromatic heterocycles. The number of nitrogens with zero attached hydrogens (tertiary/aromatic N) is 4. The van der Waals surface area contributed by atoms with Crippen LogP contribution in [0.1, 0.15) is 0 Å². The highest BCUT2D eigenvalue weighted by atomic mass is 16.5. The van der Waals surface area contributed by atoms with E-state index in [0.717, 1.165) is 10.1 Å². The van der Waals surface area contributed by atoms with Crippen LogP contribution in [-0.4, -0.2) is 9.66 Å². The Labute approximate surface area is 90.9 Å². The highest BCUT2D eigenvalue weighted by Gasteiger charge is 2.11. The molecule has 0 saturated carbocycles. The van der Waals surface area contributed by atoms with Crippen molar-refractivity contribution in [2.75, 3.05) is 5.12 Å². The number of nitrogens with one attached hydrogen (secondary N) is 1. The Morgan fingerprint density at radius 3 is 3.00 bits per heavy atom. The van der Waals surface area contributed by atoms with Crippen LogP contribution >= 0.6 is 0 Å². The number of para-hydroxylation sites is 1. The van der Waals surface area contributed by atoms with Gasteiger partial charge >= 0.3 is 0 Å². The minimum Gasteiger partial charge on any atom is -0.594 e. The van der Waals surface area contributed by atoms with E-state index in [9.17, 15) is 5.21 Å². The van der Waals surface area contributed by atoms with Crippen LogP contribution in [0.4, 0.5) is 0 Å². The molecule has 0 amide bonds. The molecule has 0 spiro atoms. The molecule has 1 aliphatic heterocycles. The van der Waals surface area contributed by atoms with Crippen molar-refractivity contribution in [3.8, 4) is 0 Å². The van der Waals surface area contributed by atoms with E-state index in [-0.39, 0.29) is 0 Å². The molecule has 6 heteroatoms. The van der Waals surface area contributed by atoms with Crippen LogP contribution < -0.4 is 26.1 Å². The zero-order chi connectivity index (χ0) is 11.0. The summed E-state index contributed by atoms with van der Waals surface area (Å²) in [6.07, 6.45) is 6.81. The van der Waals surface area contributed by atoms with Crippen LogP contribution in [-0.2, 0) is 0 Å². The van der Waals surface area contributed by atoms with Crippen molar-refractivity contribution in [1.82, 2.24) is 20.0 Å². The first kappa shape index (κ1) is 8.78. The summed E-state index contributed by atoms with van der Waals surface area (Å²) in [6.45, 7) is 0. The number of hydrogen-bond acceptors (Lipinski definition) is 4. The molecule has 0 atom stereocenters. The summed E-state index contributed by atoms with van der Waals surface area (Å²) in [5.74, 6) is 0. The van der Waals surface area contributed by atoms with Gasteiger partial charge in [0.25, 0.3) is 5.36 Å². The third-order valence-corrected chi connectivity index (χ3v) is 2.35. The smallest absolute Gasteiger partial charge is 0.252 e. The Bertz CT molecular complexity index is 619. The van der Waals surface area contributed by atoms with Gasteiger partial charge in [0.15, 0.2) is 0 Å². The SMILES string of the molecule is [O-][N+]1=c2ccccc2=CN(n2ccnc2)N1. The maximum absolute atomic E-state index is 11.7. The third kappa shape index (κ3) is 1.28. The number of hydrogen-bond donors (Lipinski definition) is 1. The van der Waals surface area contributed by atoms with E-state index in [1.54, 1.807) is 34.6 Å². The van der Waals surface area contributed by atoms with Crippen LogP contribution in [0.3, 0.4) is 0 Å². The molecule has 2 aromatic rings. The number of fused-ring (bicyclic) bond motifs is 1. The van der Waals surface area contributed by atoms with Crippen LogP contribution in [0.5, 0.6) is 0 Å². The fourth-order valence-corrected chi connectivity index (χ4v) is 1.59. The molecule has 0 bridgehead atoms. The standard InChI is InChI=1S/C10H9N5O/c16-15-10-4-2-1-3-9(10)7-14(12-15)13-6-5-11-8-13/h1-8,12H. The molecule has 1 aliphatic rings. The van der Waals surface area contributed by atoms with Crippen molar-refractivity contribution in [2.24, 2.45) is 0 Å². The molecule has 0 aliphatic carbocycles. The van der Waals surface area contributed by atoms with E-state index in [1.807, 2.05) is 24.4 Å². The molecule has 80 valence electrons. The van der Waals surface area contributed by atoms with Crippen molar-refractivity contribution in [3.63, 3.8) is 0 Å². The van der Waals surface area contributed by atoms with Crippen molar-refractivity contribution in [3.05, 3.63) is 58.8 Å². The molecule has 6 nitrogen and oxygen atoms in total. The third-order valence-electron chi connectivity index (χ3n) is 2.35. The normalized spacial score (nSPS) is 14.0. The van der Waals surface area contributed by atoms with E-state index in [4.69, 9.17) is 0 Å². The first-order valence-corrected chi connectivity index (χ1v) is 4.79. The van der Waals surface area contributed by atoms with Gasteiger partial charge in [0.1, 0.15) is 6.33 Å². The molecule has 0 saturated heterocycles. The second-order valence-electron chi connectivity index (χ2n) is 3.37. The largest absolute Gasteiger partial charge is 0.594 e. The summed E-state index contributed by atoms with van der Waals surface area (Å²) in [5, 5.41) is 14.7. The van der Waals surface area contributed by atoms with Crippen molar-refractivity contribution >= 4 is 6.20 Å². The monoisotopic (exact) mass is 215 g/mol. The number of benzene rings is 1. The lowest BCUT2D eigenvalue weighted by molar-refractivity contribution is 0.456. The maximum atomic E-state index is 11.7. The van der Waals surface area contributed by atoms with Crippen LogP contribution in [0.2, 0.25) is 0 Å². The summed E-state index contributed by atoms with van der Waals surface area (Å²) < 4.78 is 1.67. The Morgan fingerprint density at radius 2 is 2.19 bits per heavy atom. The Hall–Kier alpha value is -2.50. The maximum Gasteiger partial charge on any atom is 0.252 e. The zero-order valence-electron chi connectivity index (χ0n) is 8.32. The Balaban J connectivity index is 2.17. The fraction of sp³-hybridized carbons (Fsp3) is 0. The van der Waals surface area contributed by atoms with E-state index in [1.165, 1.54) is 0 Å². The molecule has 0 unspecified atom stereocenters. The quantitative estimate of drug-likeness (QED) is 0.473. The number of aromatic nitrogens is 2. The van der Waals surface area contributed by atoms with Gasteiger partial charge in [0.2, 0.25) is 0 Å². The molecular weight excluding hydrogens is 206 g/mol. The predicted molar refractivity (Wildman–Crippen MR) is 58.3 cm³/mol. The molecule has 0 radical (unpaired) electrons. The van der Waals surface area contributed by atoms with E-state index < -0.39 is 0 Å². The van der Waals surface area contributed by atoms with Gasteiger partial charge in [-0.05, 0) is 6.07 Å². The zero-order valence-corrected chi connectivity index (χ0v) is 8.32. The van der Waals surface area contributed by atoms with Gasteiger partial charge in [-0.1, -0.05) is 22.5 Å². The molecule has 0 fully saturated rings. The lowest BCUT2D eigenvalue weighted by Gasteiger charge is -2.22. The second kappa shape index (κ2) is 3.27. The molecule has 2 heterocycles. The molecular formula is C10H9N5O. The lowest BCUT2D eigenvalue weighted by atomic mass is 10.3. The van der Waals surface area contributed by atoms with Gasteiger partial charge in [-0.15, -0.1) is 5.12 Å². The summed E-state index contributed by atoms with van der Waals surface area (Å²) >= 11 is 0. The average molecular weight is 215 g/mol. The van der Waals surface area contributed by atoms with Gasteiger partial charge < -0.3 is 5.21 Å². The van der Waals surface area contributed by atoms with Gasteiger partial charge in [0, 0.05) is 18.5 Å². The summed E-state index contributed by atoms with van der Waals surface area (Å²) in [5.41, 5.74) is 2.65. The topological polar surface area (TPSA) is 59.2 Å². The summed E-state index contributed by atoms with van der Waals surface area (Å²) in [6, 6.07) is 7.36. The van der Waals surface area contributed by atoms with Crippen molar-refractivity contribution in [1.29, 1.82) is 0 Å². The highest BCUT2D eigenvalue weighted by molar-refractivity contribution is 5.33. The minimum atomic E-state index is 0.596. The molecule has 3 rings (SSSR count). The minimum absolute atomic E-state index is 0.596. The van der Waals surface area contributed by atoms with Gasteiger partial charge in [-0.2, -0.15) is 0 Å². The number of hydrazine groups is 2. The fourth-order valence-electron chi connectivity index (χ4n) is 1.59. The molecule has 16 heavy (non-hydrogen) atoms. The average Bonchev–Trinajstić information content (AvgIpc) is 2.82. The Morgan fingerprint density at radius 1 is 1.31 bits per heavy atom. The van der Waals surface area contributed by atoms with Crippen molar-refractivity contribution in [2.45, 2.75) is 0 Å². The lowest BCUT2D eigenvalue weighted by Crippen LogP contribution is -2.58. The number of imidazole rings is 1. The predicted octanol–water partition coefficient (Wildman–Crippen LogP) is -1.32. The van der Waals surface area contributed by atoms with Gasteiger partial charge in [-0.3, -0.25) is 0 Å². The van der Waals surface area contributed by atoms with E-state index >= 15 is 0 Å². The van der Waals surface area contributed by atoms with Crippen molar-refractivity contribution < 1.29 is 0 Å². The highest BCUT2D eigenvalue weighted by Crippen LogP contribution is 1.89. The Kier molecular flexibility index (Phi) is 1.79. The molecule has 1 aromatic carbocycles. The van der Waals surface area contributed by atoms with Crippen LogP contribution in [0.25, 0.3) is 6.20 Å². The van der Waals surface area contributed by atoms with Gasteiger partial charge in [0.05, 0.1) is 11.4 Å². The molecule has 1 N–H and O–H groups in total.